The molecule has 0 spiro atoms. The third-order valence-corrected chi connectivity index (χ3v) is 4.81. The predicted octanol–water partition coefficient (Wildman–Crippen LogP) is -2.47. The average molecular weight is 470 g/mol. The predicted molar refractivity (Wildman–Crippen MR) is 103 cm³/mol. The van der Waals surface area contributed by atoms with Gasteiger partial charge in [0.15, 0.2) is 0 Å². The molecule has 0 saturated carbocycles. The summed E-state index contributed by atoms with van der Waals surface area (Å²) >= 11 is 0. The zero-order valence-corrected chi connectivity index (χ0v) is 21.0. The molecule has 4 heteroatoms. The number of benzene rings is 2. The molecule has 1 aliphatic carbocycles. The van der Waals surface area contributed by atoms with Crippen molar-refractivity contribution in [1.82, 2.24) is 0 Å². The van der Waals surface area contributed by atoms with Crippen LogP contribution in [0.15, 0.2) is 53.6 Å². The van der Waals surface area contributed by atoms with Gasteiger partial charge in [-0.2, -0.15) is 11.6 Å². The van der Waals surface area contributed by atoms with Crippen LogP contribution in [0.5, 0.6) is 0 Å². The summed E-state index contributed by atoms with van der Waals surface area (Å²) < 4.78 is 0. The first-order valence-electron chi connectivity index (χ1n) is 8.94. The smallest absolute Gasteiger partial charge is 1.00 e. The summed E-state index contributed by atoms with van der Waals surface area (Å²) in [5, 5.41) is 0. The summed E-state index contributed by atoms with van der Waals surface area (Å²) in [5.74, 6) is 0.312. The van der Waals surface area contributed by atoms with Gasteiger partial charge in [0.1, 0.15) is 0 Å². The molecule has 0 aliphatic heterocycles. The monoisotopic (exact) mass is 468 g/mol. The summed E-state index contributed by atoms with van der Waals surface area (Å²) in [6, 6.07) is 13.9. The maximum absolute atomic E-state index is 3.56. The number of aryl methyl sites for hydroxylation is 4. The number of rotatable bonds is 4. The van der Waals surface area contributed by atoms with Gasteiger partial charge in [-0.15, -0.1) is 6.42 Å². The fourth-order valence-electron chi connectivity index (χ4n) is 4.04. The largest absolute Gasteiger partial charge is 4.00 e. The van der Waals surface area contributed by atoms with Crippen molar-refractivity contribution < 1.29 is 58.9 Å². The van der Waals surface area contributed by atoms with Crippen LogP contribution < -0.4 is 37.2 Å². The summed E-state index contributed by atoms with van der Waals surface area (Å²) in [5.41, 5.74) is 11.0. The van der Waals surface area contributed by atoms with E-state index in [2.05, 4.69) is 83.2 Å². The van der Waals surface area contributed by atoms with E-state index in [9.17, 15) is 0 Å². The maximum atomic E-state index is 3.56. The van der Waals surface area contributed by atoms with Gasteiger partial charge in [0.25, 0.3) is 0 Å². The molecule has 3 rings (SSSR count). The molecule has 0 nitrogen and oxygen atoms in total. The van der Waals surface area contributed by atoms with Gasteiger partial charge in [0.2, 0.25) is 0 Å². The van der Waals surface area contributed by atoms with E-state index in [1.54, 1.807) is 0 Å². The van der Waals surface area contributed by atoms with Crippen molar-refractivity contribution in [1.29, 1.82) is 0 Å². The Labute approximate surface area is 204 Å². The van der Waals surface area contributed by atoms with E-state index < -0.39 is 0 Å². The Morgan fingerprint density at radius 3 is 1.50 bits per heavy atom. The fraction of sp³-hybridized carbons (Fsp3) is 0.333. The van der Waals surface area contributed by atoms with Crippen LogP contribution in [0.4, 0.5) is 0 Å². The molecule has 1 aliphatic rings. The van der Waals surface area contributed by atoms with Crippen LogP contribution in [-0.4, -0.2) is 0 Å². The Morgan fingerprint density at radius 1 is 0.750 bits per heavy atom. The topological polar surface area (TPSA) is 0 Å². The van der Waals surface area contributed by atoms with Crippen LogP contribution in [0, 0.1) is 33.8 Å². The molecule has 0 aromatic heterocycles. The van der Waals surface area contributed by atoms with Crippen LogP contribution in [0.25, 0.3) is 0 Å². The van der Waals surface area contributed by atoms with Crippen LogP contribution in [0.3, 0.4) is 0 Å². The van der Waals surface area contributed by atoms with Crippen LogP contribution in [0.1, 0.15) is 59.1 Å². The molecule has 148 valence electrons. The minimum absolute atomic E-state index is 0. The standard InChI is InChI=1S/C24H27.3ClH.Ti/c1-6-20-8-7-9-23(20)24(21-12-16(2)10-17(3)13-21)22-14-18(4)11-19(5)15-22;;;;/h9-15,24H,6-7H2,1-5H3;3*1H;/q-1;;;;+4/p-3. The Kier molecular flexibility index (Phi) is 13.7. The summed E-state index contributed by atoms with van der Waals surface area (Å²) in [6.07, 6.45) is 7.94. The van der Waals surface area contributed by atoms with Gasteiger partial charge in [-0.05, 0) is 33.6 Å². The molecule has 0 amide bonds. The quantitative estimate of drug-likeness (QED) is 0.344. The molecule has 0 bridgehead atoms. The van der Waals surface area contributed by atoms with Crippen molar-refractivity contribution in [2.24, 2.45) is 0 Å². The second-order valence-corrected chi connectivity index (χ2v) is 7.15. The van der Waals surface area contributed by atoms with E-state index >= 15 is 0 Å². The van der Waals surface area contributed by atoms with Crippen LogP contribution in [0.2, 0.25) is 0 Å². The van der Waals surface area contributed by atoms with Crippen molar-refractivity contribution in [3.63, 3.8) is 0 Å². The Morgan fingerprint density at radius 2 is 1.14 bits per heavy atom. The van der Waals surface area contributed by atoms with E-state index in [1.807, 2.05) is 0 Å². The summed E-state index contributed by atoms with van der Waals surface area (Å²) in [4.78, 5) is 0. The van der Waals surface area contributed by atoms with Gasteiger partial charge < -0.3 is 37.2 Å². The van der Waals surface area contributed by atoms with Gasteiger partial charge in [0.05, 0.1) is 0 Å². The number of hydrogen-bond donors (Lipinski definition) is 0. The van der Waals surface area contributed by atoms with Crippen LogP contribution >= 0.6 is 0 Å². The van der Waals surface area contributed by atoms with E-state index in [4.69, 9.17) is 0 Å². The van der Waals surface area contributed by atoms with Gasteiger partial charge in [-0.1, -0.05) is 83.1 Å². The Balaban J connectivity index is 0. The number of halogens is 3. The SMILES string of the molecule is CCC1=[C-]CC=C1C(c1cc(C)cc(C)c1)c1cc(C)cc(C)c1.[Cl-].[Cl-].[Cl-].[Ti+4]. The summed E-state index contributed by atoms with van der Waals surface area (Å²) in [6.45, 7) is 11.0. The molecule has 0 fully saturated rings. The molecule has 0 N–H and O–H groups in total. The van der Waals surface area contributed by atoms with Crippen molar-refractivity contribution >= 4 is 0 Å². The number of hydrogen-bond acceptors (Lipinski definition) is 0. The number of allylic oxidation sites excluding steroid dienone is 4. The second kappa shape index (κ2) is 12.9. The van der Waals surface area contributed by atoms with Crippen molar-refractivity contribution in [3.05, 3.63) is 93.1 Å². The first kappa shape index (κ1) is 29.7. The molecule has 28 heavy (non-hydrogen) atoms. The fourth-order valence-corrected chi connectivity index (χ4v) is 4.04. The molecule has 0 saturated heterocycles. The van der Waals surface area contributed by atoms with Crippen molar-refractivity contribution in [2.45, 2.75) is 53.4 Å². The molecule has 0 atom stereocenters. The molecule has 2 aromatic carbocycles. The van der Waals surface area contributed by atoms with Gasteiger partial charge >= 0.3 is 21.7 Å². The third kappa shape index (κ3) is 6.79. The van der Waals surface area contributed by atoms with E-state index in [0.717, 1.165) is 12.8 Å². The normalized spacial score (nSPS) is 12.1. The second-order valence-electron chi connectivity index (χ2n) is 7.15. The molecular formula is C24H27Cl3Ti. The third-order valence-electron chi connectivity index (χ3n) is 4.81. The zero-order chi connectivity index (χ0) is 17.3. The van der Waals surface area contributed by atoms with E-state index in [1.165, 1.54) is 44.5 Å². The molecular weight excluding hydrogens is 442 g/mol. The maximum Gasteiger partial charge on any atom is 4.00 e. The summed E-state index contributed by atoms with van der Waals surface area (Å²) in [7, 11) is 0. The van der Waals surface area contributed by atoms with Crippen molar-refractivity contribution in [3.8, 4) is 0 Å². The van der Waals surface area contributed by atoms with Gasteiger partial charge in [-0.25, -0.2) is 5.57 Å². The van der Waals surface area contributed by atoms with E-state index in [0.29, 0.717) is 5.92 Å². The molecule has 0 radical (unpaired) electrons. The first-order chi connectivity index (χ1) is 11.5. The van der Waals surface area contributed by atoms with Crippen LogP contribution in [-0.2, 0) is 21.7 Å². The molecule has 2 aromatic rings. The van der Waals surface area contributed by atoms with Crippen molar-refractivity contribution in [2.75, 3.05) is 0 Å². The Hall–Kier alpha value is -0.496. The molecule has 0 unspecified atom stereocenters. The van der Waals surface area contributed by atoms with Gasteiger partial charge in [-0.3, -0.25) is 6.08 Å². The van der Waals surface area contributed by atoms with E-state index in [-0.39, 0.29) is 58.9 Å². The average Bonchev–Trinajstić information content (AvgIpc) is 2.93. The van der Waals surface area contributed by atoms with Gasteiger partial charge in [0, 0.05) is 0 Å². The first-order valence-corrected chi connectivity index (χ1v) is 8.94. The molecule has 0 heterocycles. The minimum Gasteiger partial charge on any atom is -1.00 e. The zero-order valence-electron chi connectivity index (χ0n) is 17.2. The Bertz CT molecular complexity index is 746. The minimum atomic E-state index is 0.